The van der Waals surface area contributed by atoms with Gasteiger partial charge in [-0.05, 0) is 13.8 Å². The molecule has 0 aliphatic heterocycles. The number of carboxylic acid groups (broad SMARTS) is 1. The largest absolute Gasteiger partial charge is 0.478 e. The average molecular weight is 170 g/mol. The molecule has 0 aromatic carbocycles. The predicted molar refractivity (Wildman–Crippen MR) is 40.9 cm³/mol. The minimum Gasteiger partial charge on any atom is -0.478 e. The molecule has 0 saturated carbocycles. The molecule has 0 fully saturated rings. The highest BCUT2D eigenvalue weighted by molar-refractivity contribution is 5.90. The SMILES string of the molecule is Cc1nn(CO)c(C)c1C(=O)O. The van der Waals surface area contributed by atoms with Crippen LogP contribution in [-0.2, 0) is 6.73 Å². The molecule has 0 bridgehead atoms. The summed E-state index contributed by atoms with van der Waals surface area (Å²) in [6.45, 7) is 2.92. The molecule has 0 aliphatic rings. The van der Waals surface area contributed by atoms with Crippen LogP contribution in [0.1, 0.15) is 21.7 Å². The van der Waals surface area contributed by atoms with E-state index in [0.29, 0.717) is 11.4 Å². The van der Waals surface area contributed by atoms with Crippen molar-refractivity contribution in [3.05, 3.63) is 17.0 Å². The van der Waals surface area contributed by atoms with Gasteiger partial charge < -0.3 is 10.2 Å². The van der Waals surface area contributed by atoms with E-state index in [1.54, 1.807) is 13.8 Å². The molecule has 0 radical (unpaired) electrons. The first-order valence-corrected chi connectivity index (χ1v) is 3.46. The molecule has 1 rings (SSSR count). The Balaban J connectivity index is 3.28. The van der Waals surface area contributed by atoms with Gasteiger partial charge in [0.2, 0.25) is 0 Å². The van der Waals surface area contributed by atoms with Gasteiger partial charge in [0.25, 0.3) is 0 Å². The molecule has 12 heavy (non-hydrogen) atoms. The summed E-state index contributed by atoms with van der Waals surface area (Å²) >= 11 is 0. The lowest BCUT2D eigenvalue weighted by molar-refractivity contribution is 0.0695. The maximum atomic E-state index is 10.6. The predicted octanol–water partition coefficient (Wildman–Crippen LogP) is 0.148. The molecule has 1 heterocycles. The van der Waals surface area contributed by atoms with Crippen LogP contribution in [0.4, 0.5) is 0 Å². The topological polar surface area (TPSA) is 75.3 Å². The Labute approximate surface area is 69.2 Å². The zero-order valence-electron chi connectivity index (χ0n) is 6.90. The van der Waals surface area contributed by atoms with Gasteiger partial charge in [0.05, 0.1) is 11.4 Å². The molecule has 0 saturated heterocycles. The minimum absolute atomic E-state index is 0.170. The molecule has 0 unspecified atom stereocenters. The van der Waals surface area contributed by atoms with Crippen molar-refractivity contribution in [3.8, 4) is 0 Å². The summed E-state index contributed by atoms with van der Waals surface area (Å²) in [6, 6.07) is 0. The Morgan fingerprint density at radius 2 is 2.17 bits per heavy atom. The Kier molecular flexibility index (Phi) is 2.14. The fourth-order valence-corrected chi connectivity index (χ4v) is 1.14. The highest BCUT2D eigenvalue weighted by Crippen LogP contribution is 2.11. The summed E-state index contributed by atoms with van der Waals surface area (Å²) in [5, 5.41) is 21.3. The van der Waals surface area contributed by atoms with E-state index in [1.807, 2.05) is 0 Å². The lowest BCUT2D eigenvalue weighted by Gasteiger charge is -1.96. The number of aryl methyl sites for hydroxylation is 1. The summed E-state index contributed by atoms with van der Waals surface area (Å²) in [4.78, 5) is 10.6. The van der Waals surface area contributed by atoms with E-state index < -0.39 is 5.97 Å². The third-order valence-corrected chi connectivity index (χ3v) is 1.73. The van der Waals surface area contributed by atoms with Gasteiger partial charge in [0.15, 0.2) is 0 Å². The summed E-state index contributed by atoms with van der Waals surface area (Å²) in [7, 11) is 0. The van der Waals surface area contributed by atoms with Gasteiger partial charge in [-0.3, -0.25) is 0 Å². The number of hydrogen-bond donors (Lipinski definition) is 2. The molecule has 66 valence electrons. The molecule has 2 N–H and O–H groups in total. The molecule has 0 amide bonds. The van der Waals surface area contributed by atoms with Gasteiger partial charge in [0.1, 0.15) is 12.3 Å². The Bertz CT molecular complexity index is 317. The summed E-state index contributed by atoms with van der Waals surface area (Å²) in [6.07, 6.45) is 0. The molecular formula is C7H10N2O3. The highest BCUT2D eigenvalue weighted by Gasteiger charge is 2.16. The van der Waals surface area contributed by atoms with Crippen LogP contribution < -0.4 is 0 Å². The lowest BCUT2D eigenvalue weighted by atomic mass is 10.2. The molecule has 0 atom stereocenters. The fourth-order valence-electron chi connectivity index (χ4n) is 1.14. The molecule has 0 spiro atoms. The van der Waals surface area contributed by atoms with Gasteiger partial charge >= 0.3 is 5.97 Å². The maximum Gasteiger partial charge on any atom is 0.339 e. The van der Waals surface area contributed by atoms with Crippen molar-refractivity contribution >= 4 is 5.97 Å². The van der Waals surface area contributed by atoms with E-state index in [4.69, 9.17) is 10.2 Å². The van der Waals surface area contributed by atoms with Gasteiger partial charge in [-0.1, -0.05) is 0 Å². The first-order valence-electron chi connectivity index (χ1n) is 3.46. The van der Waals surface area contributed by atoms with Gasteiger partial charge in [-0.15, -0.1) is 0 Å². The van der Waals surface area contributed by atoms with Crippen molar-refractivity contribution < 1.29 is 15.0 Å². The van der Waals surface area contributed by atoms with Crippen LogP contribution in [0.25, 0.3) is 0 Å². The Hall–Kier alpha value is -1.36. The zero-order chi connectivity index (χ0) is 9.30. The monoisotopic (exact) mass is 170 g/mol. The lowest BCUT2D eigenvalue weighted by Crippen LogP contribution is -2.03. The molecular weight excluding hydrogens is 160 g/mol. The van der Waals surface area contributed by atoms with E-state index in [1.165, 1.54) is 4.68 Å². The van der Waals surface area contributed by atoms with Crippen molar-refractivity contribution in [1.29, 1.82) is 0 Å². The van der Waals surface area contributed by atoms with E-state index in [2.05, 4.69) is 5.10 Å². The van der Waals surface area contributed by atoms with Gasteiger partial charge in [-0.2, -0.15) is 5.10 Å². The van der Waals surface area contributed by atoms with Crippen LogP contribution in [0.15, 0.2) is 0 Å². The highest BCUT2D eigenvalue weighted by atomic mass is 16.4. The number of aliphatic hydroxyl groups excluding tert-OH is 1. The van der Waals surface area contributed by atoms with Crippen LogP contribution in [0, 0.1) is 13.8 Å². The second-order valence-corrected chi connectivity index (χ2v) is 2.49. The van der Waals surface area contributed by atoms with Crippen molar-refractivity contribution in [2.45, 2.75) is 20.6 Å². The standard InChI is InChI=1S/C7H10N2O3/c1-4-6(7(11)12)5(2)9(3-10)8-4/h10H,3H2,1-2H3,(H,11,12). The molecule has 5 nitrogen and oxygen atoms in total. The normalized spacial score (nSPS) is 10.2. The molecule has 0 aliphatic carbocycles. The van der Waals surface area contributed by atoms with Gasteiger partial charge in [0, 0.05) is 0 Å². The number of aromatic nitrogens is 2. The Morgan fingerprint density at radius 3 is 2.42 bits per heavy atom. The molecule has 1 aromatic heterocycles. The van der Waals surface area contributed by atoms with Crippen molar-refractivity contribution in [3.63, 3.8) is 0 Å². The van der Waals surface area contributed by atoms with Crippen molar-refractivity contribution in [1.82, 2.24) is 9.78 Å². The first-order chi connectivity index (χ1) is 5.57. The van der Waals surface area contributed by atoms with Crippen LogP contribution in [0.5, 0.6) is 0 Å². The molecule has 1 aromatic rings. The maximum absolute atomic E-state index is 10.6. The number of rotatable bonds is 2. The number of aromatic carboxylic acids is 1. The van der Waals surface area contributed by atoms with Crippen LogP contribution in [-0.4, -0.2) is 26.0 Å². The number of hydrogen-bond acceptors (Lipinski definition) is 3. The van der Waals surface area contributed by atoms with E-state index in [-0.39, 0.29) is 12.3 Å². The first kappa shape index (κ1) is 8.73. The fraction of sp³-hybridized carbons (Fsp3) is 0.429. The smallest absolute Gasteiger partial charge is 0.339 e. The second kappa shape index (κ2) is 2.94. The Morgan fingerprint density at radius 1 is 1.58 bits per heavy atom. The van der Waals surface area contributed by atoms with Crippen molar-refractivity contribution in [2.24, 2.45) is 0 Å². The number of nitrogens with zero attached hydrogens (tertiary/aromatic N) is 2. The zero-order valence-corrected chi connectivity index (χ0v) is 6.90. The quantitative estimate of drug-likeness (QED) is 0.662. The molecule has 5 heteroatoms. The average Bonchev–Trinajstić information content (AvgIpc) is 2.25. The van der Waals surface area contributed by atoms with E-state index >= 15 is 0 Å². The number of carbonyl (C=O) groups is 1. The number of aliphatic hydroxyl groups is 1. The van der Waals surface area contributed by atoms with Crippen LogP contribution in [0.2, 0.25) is 0 Å². The summed E-state index contributed by atoms with van der Waals surface area (Å²) in [5.74, 6) is -1.01. The van der Waals surface area contributed by atoms with E-state index in [9.17, 15) is 4.79 Å². The summed E-state index contributed by atoms with van der Waals surface area (Å²) in [5.41, 5.74) is 1.07. The van der Waals surface area contributed by atoms with Crippen LogP contribution in [0.3, 0.4) is 0 Å². The number of carboxylic acids is 1. The van der Waals surface area contributed by atoms with E-state index in [0.717, 1.165) is 0 Å². The minimum atomic E-state index is -1.01. The van der Waals surface area contributed by atoms with Crippen molar-refractivity contribution in [2.75, 3.05) is 0 Å². The van der Waals surface area contributed by atoms with Gasteiger partial charge in [-0.25, -0.2) is 9.48 Å². The third kappa shape index (κ3) is 1.18. The van der Waals surface area contributed by atoms with Crippen LogP contribution >= 0.6 is 0 Å². The third-order valence-electron chi connectivity index (χ3n) is 1.73. The second-order valence-electron chi connectivity index (χ2n) is 2.49. The summed E-state index contributed by atoms with van der Waals surface area (Å²) < 4.78 is 1.25.